The molecule has 8 heteroatoms. The lowest BCUT2D eigenvalue weighted by Crippen LogP contribution is -2.25. The van der Waals surface area contributed by atoms with Crippen LogP contribution >= 0.6 is 11.8 Å². The van der Waals surface area contributed by atoms with Crippen LogP contribution in [0.3, 0.4) is 0 Å². The van der Waals surface area contributed by atoms with E-state index < -0.39 is 11.4 Å². The lowest BCUT2D eigenvalue weighted by atomic mass is 10.2. The van der Waals surface area contributed by atoms with Crippen LogP contribution in [0.4, 0.5) is 4.39 Å². The van der Waals surface area contributed by atoms with Gasteiger partial charge in [0.15, 0.2) is 22.5 Å². The van der Waals surface area contributed by atoms with Crippen molar-refractivity contribution in [3.05, 3.63) is 66.2 Å². The SMILES string of the molecule is CC(C)(C)OC(=O)CSc1nnc(COc2ccccc2F)n1-c1ccccc1. The van der Waals surface area contributed by atoms with E-state index in [4.69, 9.17) is 9.47 Å². The first kappa shape index (κ1) is 20.9. The van der Waals surface area contributed by atoms with Crippen molar-refractivity contribution < 1.29 is 18.7 Å². The molecular weight excluding hydrogens is 393 g/mol. The fraction of sp³-hybridized carbons (Fsp3) is 0.286. The Hall–Kier alpha value is -2.87. The maximum absolute atomic E-state index is 13.8. The van der Waals surface area contributed by atoms with E-state index in [1.165, 1.54) is 17.8 Å². The van der Waals surface area contributed by atoms with E-state index in [9.17, 15) is 9.18 Å². The Kier molecular flexibility index (Phi) is 6.53. The summed E-state index contributed by atoms with van der Waals surface area (Å²) in [6.07, 6.45) is 0. The van der Waals surface area contributed by atoms with Gasteiger partial charge in [-0.25, -0.2) is 4.39 Å². The summed E-state index contributed by atoms with van der Waals surface area (Å²) in [6.45, 7) is 5.48. The number of halogens is 1. The molecule has 0 saturated heterocycles. The fourth-order valence-electron chi connectivity index (χ4n) is 2.52. The Bertz CT molecular complexity index is 971. The van der Waals surface area contributed by atoms with Crippen LogP contribution in [0.15, 0.2) is 59.8 Å². The van der Waals surface area contributed by atoms with Gasteiger partial charge in [-0.3, -0.25) is 9.36 Å². The Morgan fingerprint density at radius 1 is 1.07 bits per heavy atom. The van der Waals surface area contributed by atoms with E-state index >= 15 is 0 Å². The molecule has 0 fully saturated rings. The van der Waals surface area contributed by atoms with E-state index in [1.807, 2.05) is 51.1 Å². The zero-order chi connectivity index (χ0) is 20.9. The van der Waals surface area contributed by atoms with Gasteiger partial charge in [-0.15, -0.1) is 10.2 Å². The third-order valence-electron chi connectivity index (χ3n) is 3.65. The Morgan fingerprint density at radius 2 is 1.76 bits per heavy atom. The number of carbonyl (C=O) groups excluding carboxylic acids is 1. The molecule has 1 heterocycles. The fourth-order valence-corrected chi connectivity index (χ4v) is 3.27. The molecule has 0 N–H and O–H groups in total. The molecule has 152 valence electrons. The average Bonchev–Trinajstić information content (AvgIpc) is 3.08. The highest BCUT2D eigenvalue weighted by Crippen LogP contribution is 2.24. The Morgan fingerprint density at radius 3 is 2.45 bits per heavy atom. The predicted octanol–water partition coefficient (Wildman–Crippen LogP) is 4.42. The van der Waals surface area contributed by atoms with Crippen molar-refractivity contribution in [1.82, 2.24) is 14.8 Å². The minimum Gasteiger partial charge on any atom is -0.483 e. The number of esters is 1. The maximum Gasteiger partial charge on any atom is 0.316 e. The van der Waals surface area contributed by atoms with Crippen LogP contribution in [0.2, 0.25) is 0 Å². The number of rotatable bonds is 7. The van der Waals surface area contributed by atoms with E-state index in [2.05, 4.69) is 10.2 Å². The second-order valence-corrected chi connectivity index (χ2v) is 8.11. The second kappa shape index (κ2) is 9.09. The molecule has 3 rings (SSSR count). The largest absolute Gasteiger partial charge is 0.483 e. The molecule has 0 bridgehead atoms. The van der Waals surface area contributed by atoms with Crippen LogP contribution < -0.4 is 4.74 Å². The van der Waals surface area contributed by atoms with Crippen molar-refractivity contribution in [1.29, 1.82) is 0 Å². The topological polar surface area (TPSA) is 66.2 Å². The lowest BCUT2D eigenvalue weighted by molar-refractivity contribution is -0.151. The van der Waals surface area contributed by atoms with Crippen molar-refractivity contribution >= 4 is 17.7 Å². The molecule has 29 heavy (non-hydrogen) atoms. The van der Waals surface area contributed by atoms with Gasteiger partial charge in [0.05, 0.1) is 5.75 Å². The standard InChI is InChI=1S/C21H22FN3O3S/c1-21(2,3)28-19(26)14-29-20-24-23-18(25(20)15-9-5-4-6-10-15)13-27-17-12-8-7-11-16(17)22/h4-12H,13-14H2,1-3H3. The summed E-state index contributed by atoms with van der Waals surface area (Å²) in [6, 6.07) is 15.6. The summed E-state index contributed by atoms with van der Waals surface area (Å²) in [7, 11) is 0. The quantitative estimate of drug-likeness (QED) is 0.420. The monoisotopic (exact) mass is 415 g/mol. The van der Waals surface area contributed by atoms with Crippen LogP contribution in [-0.4, -0.2) is 32.1 Å². The number of carbonyl (C=O) groups is 1. The van der Waals surface area contributed by atoms with Crippen molar-refractivity contribution in [3.8, 4) is 11.4 Å². The normalized spacial score (nSPS) is 11.3. The van der Waals surface area contributed by atoms with Crippen LogP contribution in [-0.2, 0) is 16.1 Å². The molecule has 0 saturated carbocycles. The summed E-state index contributed by atoms with van der Waals surface area (Å²) in [5.74, 6) is -0.0626. The number of nitrogens with zero attached hydrogens (tertiary/aromatic N) is 3. The Balaban J connectivity index is 1.80. The molecular formula is C21H22FN3O3S. The van der Waals surface area contributed by atoms with Gasteiger partial charge in [0, 0.05) is 5.69 Å². The molecule has 0 unspecified atom stereocenters. The van der Waals surface area contributed by atoms with Gasteiger partial charge in [0.25, 0.3) is 0 Å². The summed E-state index contributed by atoms with van der Waals surface area (Å²) in [5.41, 5.74) is 0.264. The highest BCUT2D eigenvalue weighted by molar-refractivity contribution is 7.99. The Labute approximate surface area is 173 Å². The van der Waals surface area contributed by atoms with Crippen LogP contribution in [0.5, 0.6) is 5.75 Å². The minimum atomic E-state index is -0.552. The third kappa shape index (κ3) is 5.80. The number of hydrogen-bond donors (Lipinski definition) is 0. The van der Waals surface area contributed by atoms with Crippen molar-refractivity contribution in [2.45, 2.75) is 38.1 Å². The highest BCUT2D eigenvalue weighted by Gasteiger charge is 2.20. The molecule has 0 amide bonds. The van der Waals surface area contributed by atoms with Gasteiger partial charge in [0.1, 0.15) is 12.2 Å². The van der Waals surface area contributed by atoms with Crippen LogP contribution in [0.25, 0.3) is 5.69 Å². The molecule has 0 aliphatic carbocycles. The molecule has 0 spiro atoms. The first-order chi connectivity index (χ1) is 13.8. The first-order valence-electron chi connectivity index (χ1n) is 9.05. The summed E-state index contributed by atoms with van der Waals surface area (Å²) in [4.78, 5) is 12.1. The summed E-state index contributed by atoms with van der Waals surface area (Å²) < 4.78 is 26.6. The lowest BCUT2D eigenvalue weighted by Gasteiger charge is -2.19. The van der Waals surface area contributed by atoms with Gasteiger partial charge >= 0.3 is 5.97 Å². The highest BCUT2D eigenvalue weighted by atomic mass is 32.2. The number of aromatic nitrogens is 3. The number of benzene rings is 2. The maximum atomic E-state index is 13.8. The van der Waals surface area contributed by atoms with E-state index in [0.717, 1.165) is 5.69 Å². The van der Waals surface area contributed by atoms with Gasteiger partial charge in [-0.2, -0.15) is 0 Å². The van der Waals surface area contributed by atoms with Gasteiger partial charge in [-0.1, -0.05) is 42.1 Å². The summed E-state index contributed by atoms with van der Waals surface area (Å²) >= 11 is 1.22. The number of ether oxygens (including phenoxy) is 2. The molecule has 0 atom stereocenters. The molecule has 0 radical (unpaired) electrons. The predicted molar refractivity (Wildman–Crippen MR) is 109 cm³/mol. The van der Waals surface area contributed by atoms with Gasteiger partial charge in [-0.05, 0) is 45.0 Å². The zero-order valence-corrected chi connectivity index (χ0v) is 17.3. The second-order valence-electron chi connectivity index (χ2n) is 7.16. The molecule has 6 nitrogen and oxygen atoms in total. The zero-order valence-electron chi connectivity index (χ0n) is 16.5. The molecule has 0 aliphatic heterocycles. The molecule has 0 aliphatic rings. The van der Waals surface area contributed by atoms with Crippen molar-refractivity contribution in [3.63, 3.8) is 0 Å². The first-order valence-corrected chi connectivity index (χ1v) is 10.0. The molecule has 2 aromatic carbocycles. The number of hydrogen-bond acceptors (Lipinski definition) is 6. The molecule has 1 aromatic heterocycles. The number of thioether (sulfide) groups is 1. The van der Waals surface area contributed by atoms with Gasteiger partial charge in [0.2, 0.25) is 0 Å². The number of para-hydroxylation sites is 2. The van der Waals surface area contributed by atoms with E-state index in [1.54, 1.807) is 22.8 Å². The minimum absolute atomic E-state index is 0.0236. The van der Waals surface area contributed by atoms with E-state index in [-0.39, 0.29) is 24.1 Å². The van der Waals surface area contributed by atoms with Gasteiger partial charge < -0.3 is 9.47 Å². The average molecular weight is 415 g/mol. The smallest absolute Gasteiger partial charge is 0.316 e. The van der Waals surface area contributed by atoms with Crippen molar-refractivity contribution in [2.24, 2.45) is 0 Å². The van der Waals surface area contributed by atoms with Crippen molar-refractivity contribution in [2.75, 3.05) is 5.75 Å². The van der Waals surface area contributed by atoms with Crippen LogP contribution in [0, 0.1) is 5.82 Å². The van der Waals surface area contributed by atoms with E-state index in [0.29, 0.717) is 11.0 Å². The summed E-state index contributed by atoms with van der Waals surface area (Å²) in [5, 5.41) is 8.89. The molecule has 3 aromatic rings. The third-order valence-corrected chi connectivity index (χ3v) is 4.55. The van der Waals surface area contributed by atoms with Crippen LogP contribution in [0.1, 0.15) is 26.6 Å².